The summed E-state index contributed by atoms with van der Waals surface area (Å²) in [6, 6.07) is 6.69. The normalized spacial score (nSPS) is 8.44. The van der Waals surface area contributed by atoms with Crippen LogP contribution in [0.25, 0.3) is 0 Å². The van der Waals surface area contributed by atoms with E-state index in [1.54, 1.807) is 24.3 Å². The van der Waals surface area contributed by atoms with Crippen molar-refractivity contribution in [3.8, 4) is 0 Å². The third kappa shape index (κ3) is 4.55. The van der Waals surface area contributed by atoms with E-state index in [-0.39, 0.29) is 11.7 Å². The second kappa shape index (κ2) is 7.40. The highest BCUT2D eigenvalue weighted by Gasteiger charge is 1.99. The molecule has 0 radical (unpaired) electrons. The molecule has 1 amide bonds. The molecular formula is C13H17NO2. The molecular weight excluding hydrogens is 202 g/mol. The highest BCUT2D eigenvalue weighted by Crippen LogP contribution is 2.09. The molecule has 0 aliphatic heterocycles. The first kappa shape index (κ1) is 14.1. The maximum atomic E-state index is 10.9. The van der Waals surface area contributed by atoms with Crippen molar-refractivity contribution >= 4 is 17.4 Å². The van der Waals surface area contributed by atoms with Crippen LogP contribution in [0.5, 0.6) is 0 Å². The second-order valence-electron chi connectivity index (χ2n) is 2.83. The summed E-state index contributed by atoms with van der Waals surface area (Å²) in [5.41, 5.74) is 1.28. The Morgan fingerprint density at radius 2 is 1.69 bits per heavy atom. The van der Waals surface area contributed by atoms with E-state index in [0.29, 0.717) is 11.3 Å². The molecule has 0 aliphatic carbocycles. The fraction of sp³-hybridized carbons (Fsp3) is 0.231. The van der Waals surface area contributed by atoms with Gasteiger partial charge < -0.3 is 5.32 Å². The molecule has 0 heterocycles. The number of hydrogen-bond donors (Lipinski definition) is 1. The fourth-order valence-electron chi connectivity index (χ4n) is 0.982. The van der Waals surface area contributed by atoms with Crippen LogP contribution in [0.15, 0.2) is 36.9 Å². The molecule has 86 valence electrons. The van der Waals surface area contributed by atoms with Gasteiger partial charge in [-0.1, -0.05) is 20.4 Å². The van der Waals surface area contributed by atoms with Gasteiger partial charge in [0.2, 0.25) is 5.91 Å². The number of nitrogens with one attached hydrogen (secondary N) is 1. The van der Waals surface area contributed by atoms with Crippen molar-refractivity contribution in [1.82, 2.24) is 0 Å². The van der Waals surface area contributed by atoms with Gasteiger partial charge in [0.15, 0.2) is 5.78 Å². The van der Waals surface area contributed by atoms with Crippen LogP contribution in [0.4, 0.5) is 5.69 Å². The van der Waals surface area contributed by atoms with Crippen molar-refractivity contribution in [2.24, 2.45) is 0 Å². The smallest absolute Gasteiger partial charge is 0.247 e. The second-order valence-corrected chi connectivity index (χ2v) is 2.83. The van der Waals surface area contributed by atoms with Crippen LogP contribution in [0, 0.1) is 0 Å². The summed E-state index contributed by atoms with van der Waals surface area (Å²) >= 11 is 0. The lowest BCUT2D eigenvalue weighted by Gasteiger charge is -2.02. The molecule has 3 nitrogen and oxygen atoms in total. The molecule has 0 bridgehead atoms. The molecule has 0 fully saturated rings. The summed E-state index contributed by atoms with van der Waals surface area (Å²) in [6.45, 7) is 8.83. The van der Waals surface area contributed by atoms with E-state index in [2.05, 4.69) is 11.9 Å². The summed E-state index contributed by atoms with van der Waals surface area (Å²) in [5.74, 6) is -0.257. The van der Waals surface area contributed by atoms with Crippen LogP contribution < -0.4 is 5.32 Å². The average Bonchev–Trinajstić information content (AvgIpc) is 2.32. The van der Waals surface area contributed by atoms with Crippen LogP contribution in [0.1, 0.15) is 31.1 Å². The molecule has 0 aliphatic rings. The van der Waals surface area contributed by atoms with Crippen molar-refractivity contribution in [3.05, 3.63) is 42.5 Å². The summed E-state index contributed by atoms with van der Waals surface area (Å²) in [5, 5.41) is 2.59. The molecule has 0 atom stereocenters. The minimum Gasteiger partial charge on any atom is -0.323 e. The number of carbonyl (C=O) groups is 2. The minimum absolute atomic E-state index is 0.00611. The monoisotopic (exact) mass is 219 g/mol. The van der Waals surface area contributed by atoms with Crippen molar-refractivity contribution in [1.29, 1.82) is 0 Å². The third-order valence-corrected chi connectivity index (χ3v) is 1.74. The molecule has 0 spiro atoms. The zero-order chi connectivity index (χ0) is 12.6. The Morgan fingerprint density at radius 1 is 1.19 bits per heavy atom. The van der Waals surface area contributed by atoms with E-state index in [4.69, 9.17) is 0 Å². The number of hydrogen-bond acceptors (Lipinski definition) is 2. The van der Waals surface area contributed by atoms with Crippen LogP contribution in [-0.4, -0.2) is 11.7 Å². The number of Topliss-reactive ketones (excluding diaryl/α,β-unsaturated/α-hetero) is 1. The largest absolute Gasteiger partial charge is 0.323 e. The van der Waals surface area contributed by atoms with Gasteiger partial charge in [-0.05, 0) is 37.3 Å². The Morgan fingerprint density at radius 3 is 2.06 bits per heavy atom. The predicted molar refractivity (Wildman–Crippen MR) is 66.6 cm³/mol. The lowest BCUT2D eigenvalue weighted by molar-refractivity contribution is -0.111. The van der Waals surface area contributed by atoms with E-state index >= 15 is 0 Å². The van der Waals surface area contributed by atoms with Gasteiger partial charge in [0, 0.05) is 11.3 Å². The number of anilines is 1. The molecule has 1 N–H and O–H groups in total. The van der Waals surface area contributed by atoms with Crippen LogP contribution in [0.2, 0.25) is 0 Å². The Bertz CT molecular complexity index is 366. The number of carbonyl (C=O) groups excluding carboxylic acids is 2. The van der Waals surface area contributed by atoms with Crippen LogP contribution in [-0.2, 0) is 4.79 Å². The van der Waals surface area contributed by atoms with E-state index in [1.807, 2.05) is 13.8 Å². The van der Waals surface area contributed by atoms with Gasteiger partial charge >= 0.3 is 0 Å². The number of ketones is 1. The molecule has 3 heteroatoms. The quantitative estimate of drug-likeness (QED) is 0.627. The average molecular weight is 219 g/mol. The molecule has 1 aromatic carbocycles. The molecule has 1 rings (SSSR count). The van der Waals surface area contributed by atoms with Crippen molar-refractivity contribution in [2.75, 3.05) is 5.32 Å². The summed E-state index contributed by atoms with van der Waals surface area (Å²) in [7, 11) is 0. The molecule has 16 heavy (non-hydrogen) atoms. The van der Waals surface area contributed by atoms with Gasteiger partial charge in [-0.15, -0.1) is 0 Å². The lowest BCUT2D eigenvalue weighted by atomic mass is 10.1. The first-order valence-electron chi connectivity index (χ1n) is 5.18. The Hall–Kier alpha value is -1.90. The summed E-state index contributed by atoms with van der Waals surface area (Å²) in [4.78, 5) is 21.8. The van der Waals surface area contributed by atoms with Crippen molar-refractivity contribution in [3.63, 3.8) is 0 Å². The summed E-state index contributed by atoms with van der Waals surface area (Å²) < 4.78 is 0. The Balaban J connectivity index is 0.00000106. The first-order valence-corrected chi connectivity index (χ1v) is 5.18. The third-order valence-electron chi connectivity index (χ3n) is 1.74. The van der Waals surface area contributed by atoms with E-state index < -0.39 is 0 Å². The number of rotatable bonds is 3. The molecule has 0 saturated carbocycles. The van der Waals surface area contributed by atoms with Crippen molar-refractivity contribution < 1.29 is 9.59 Å². The van der Waals surface area contributed by atoms with E-state index in [9.17, 15) is 9.59 Å². The SMILES string of the molecule is C=CC(=O)Nc1ccc(C(C)=O)cc1.CC. The number of amides is 1. The van der Waals surface area contributed by atoms with Crippen LogP contribution >= 0.6 is 0 Å². The first-order chi connectivity index (χ1) is 7.63. The summed E-state index contributed by atoms with van der Waals surface area (Å²) in [6.07, 6.45) is 1.19. The van der Waals surface area contributed by atoms with Gasteiger partial charge in [-0.25, -0.2) is 0 Å². The Kier molecular flexibility index (Phi) is 6.52. The van der Waals surface area contributed by atoms with Gasteiger partial charge in [0.1, 0.15) is 0 Å². The van der Waals surface area contributed by atoms with Gasteiger partial charge in [-0.2, -0.15) is 0 Å². The molecule has 1 aromatic rings. The zero-order valence-electron chi connectivity index (χ0n) is 9.91. The maximum absolute atomic E-state index is 10.9. The fourth-order valence-corrected chi connectivity index (χ4v) is 0.982. The molecule has 0 aromatic heterocycles. The van der Waals surface area contributed by atoms with Gasteiger partial charge in [0.25, 0.3) is 0 Å². The molecule has 0 saturated heterocycles. The Labute approximate surface area is 96.2 Å². The topological polar surface area (TPSA) is 46.2 Å². The van der Waals surface area contributed by atoms with Gasteiger partial charge in [-0.3, -0.25) is 9.59 Å². The van der Waals surface area contributed by atoms with Crippen molar-refractivity contribution in [2.45, 2.75) is 20.8 Å². The van der Waals surface area contributed by atoms with Crippen LogP contribution in [0.3, 0.4) is 0 Å². The lowest BCUT2D eigenvalue weighted by Crippen LogP contribution is -2.07. The standard InChI is InChI=1S/C11H11NO2.C2H6/c1-3-11(14)12-10-6-4-9(5-7-10)8(2)13;1-2/h3-7H,1H2,2H3,(H,12,14);1-2H3. The highest BCUT2D eigenvalue weighted by molar-refractivity contribution is 5.99. The van der Waals surface area contributed by atoms with E-state index in [0.717, 1.165) is 0 Å². The zero-order valence-corrected chi connectivity index (χ0v) is 9.91. The van der Waals surface area contributed by atoms with Gasteiger partial charge in [0.05, 0.1) is 0 Å². The maximum Gasteiger partial charge on any atom is 0.247 e. The number of benzene rings is 1. The highest BCUT2D eigenvalue weighted by atomic mass is 16.1. The predicted octanol–water partition coefficient (Wildman–Crippen LogP) is 3.04. The molecule has 0 unspecified atom stereocenters. The minimum atomic E-state index is -0.263. The van der Waals surface area contributed by atoms with E-state index in [1.165, 1.54) is 13.0 Å².